The summed E-state index contributed by atoms with van der Waals surface area (Å²) < 4.78 is 33.5. The molecule has 3 rings (SSSR count). The predicted octanol–water partition coefficient (Wildman–Crippen LogP) is -0.0908. The standard InChI is InChI=1S/C16H30N4O4S.ClH/c21-16(2-1-15-3-5-17-6-4-15)18-7-9-19(10-8-18)25(22,23)20-11-13-24-14-12-20;/h15,17H,1-14H2;1H. The first-order chi connectivity index (χ1) is 12.1. The minimum atomic E-state index is -3.42. The van der Waals surface area contributed by atoms with E-state index in [4.69, 9.17) is 4.74 Å². The lowest BCUT2D eigenvalue weighted by Gasteiger charge is -2.37. The van der Waals surface area contributed by atoms with Crippen LogP contribution < -0.4 is 5.32 Å². The van der Waals surface area contributed by atoms with Crippen LogP contribution in [-0.4, -0.2) is 93.4 Å². The van der Waals surface area contributed by atoms with Gasteiger partial charge in [0.05, 0.1) is 13.2 Å². The van der Waals surface area contributed by atoms with Crippen LogP contribution in [0.1, 0.15) is 25.7 Å². The van der Waals surface area contributed by atoms with Gasteiger partial charge in [-0.15, -0.1) is 12.4 Å². The third-order valence-electron chi connectivity index (χ3n) is 5.44. The highest BCUT2D eigenvalue weighted by Crippen LogP contribution is 2.19. The molecule has 0 bridgehead atoms. The Morgan fingerprint density at radius 2 is 1.54 bits per heavy atom. The van der Waals surface area contributed by atoms with Gasteiger partial charge in [0.2, 0.25) is 5.91 Å². The second-order valence-electron chi connectivity index (χ2n) is 7.03. The molecule has 3 aliphatic rings. The Morgan fingerprint density at radius 1 is 0.962 bits per heavy atom. The molecule has 0 spiro atoms. The Bertz CT molecular complexity index is 542. The molecule has 8 nitrogen and oxygen atoms in total. The lowest BCUT2D eigenvalue weighted by atomic mass is 9.93. The molecule has 1 N–H and O–H groups in total. The SMILES string of the molecule is Cl.O=C(CCC1CCNCC1)N1CCN(S(=O)(=O)N2CCOCC2)CC1. The second-order valence-corrected chi connectivity index (χ2v) is 8.96. The van der Waals surface area contributed by atoms with Crippen LogP contribution in [0, 0.1) is 5.92 Å². The quantitative estimate of drug-likeness (QED) is 0.685. The van der Waals surface area contributed by atoms with Gasteiger partial charge in [0.1, 0.15) is 0 Å². The number of nitrogens with one attached hydrogen (secondary N) is 1. The van der Waals surface area contributed by atoms with Gasteiger partial charge in [-0.05, 0) is 38.3 Å². The third-order valence-corrected chi connectivity index (χ3v) is 7.47. The molecule has 0 aromatic heterocycles. The Kier molecular flexibility index (Phi) is 8.56. The number of hydrogen-bond acceptors (Lipinski definition) is 5. The van der Waals surface area contributed by atoms with Crippen LogP contribution in [-0.2, 0) is 19.7 Å². The number of hydrogen-bond donors (Lipinski definition) is 1. The first kappa shape index (κ1) is 21.8. The molecule has 3 aliphatic heterocycles. The van der Waals surface area contributed by atoms with E-state index in [0.717, 1.165) is 32.4 Å². The number of piperazine rings is 1. The van der Waals surface area contributed by atoms with Gasteiger partial charge in [-0.3, -0.25) is 4.79 Å². The monoisotopic (exact) mass is 410 g/mol. The number of nitrogens with zero attached hydrogens (tertiary/aromatic N) is 3. The molecule has 0 atom stereocenters. The zero-order chi connectivity index (χ0) is 17.7. The van der Waals surface area contributed by atoms with Gasteiger partial charge in [-0.2, -0.15) is 17.0 Å². The molecule has 0 aromatic rings. The lowest BCUT2D eigenvalue weighted by molar-refractivity contribution is -0.132. The van der Waals surface area contributed by atoms with Crippen LogP contribution in [0.15, 0.2) is 0 Å². The number of halogens is 1. The molecule has 3 saturated heterocycles. The van der Waals surface area contributed by atoms with E-state index >= 15 is 0 Å². The first-order valence-corrected chi connectivity index (χ1v) is 10.8. The highest BCUT2D eigenvalue weighted by Gasteiger charge is 2.34. The molecule has 0 aromatic carbocycles. The first-order valence-electron chi connectivity index (χ1n) is 9.39. The van der Waals surface area contributed by atoms with E-state index in [-0.39, 0.29) is 18.3 Å². The predicted molar refractivity (Wildman–Crippen MR) is 102 cm³/mol. The zero-order valence-electron chi connectivity index (χ0n) is 15.3. The average molecular weight is 411 g/mol. The second kappa shape index (κ2) is 10.2. The minimum Gasteiger partial charge on any atom is -0.379 e. The molecule has 10 heteroatoms. The Labute approximate surface area is 162 Å². The summed E-state index contributed by atoms with van der Waals surface area (Å²) in [5.41, 5.74) is 0. The van der Waals surface area contributed by atoms with E-state index < -0.39 is 10.2 Å². The topological polar surface area (TPSA) is 82.2 Å². The van der Waals surface area contributed by atoms with Crippen molar-refractivity contribution in [2.45, 2.75) is 25.7 Å². The molecule has 0 aliphatic carbocycles. The van der Waals surface area contributed by atoms with E-state index in [1.54, 1.807) is 0 Å². The van der Waals surface area contributed by atoms with Crippen LogP contribution in [0.4, 0.5) is 0 Å². The fourth-order valence-corrected chi connectivity index (χ4v) is 5.33. The number of carbonyl (C=O) groups is 1. The summed E-state index contributed by atoms with van der Waals surface area (Å²) in [5, 5.41) is 3.34. The van der Waals surface area contributed by atoms with Gasteiger partial charge in [0, 0.05) is 45.7 Å². The summed E-state index contributed by atoms with van der Waals surface area (Å²) in [6, 6.07) is 0. The molecular formula is C16H31ClN4O4S. The molecule has 152 valence electrons. The van der Waals surface area contributed by atoms with Crippen LogP contribution in [0.3, 0.4) is 0 Å². The number of rotatable bonds is 5. The zero-order valence-corrected chi connectivity index (χ0v) is 16.9. The van der Waals surface area contributed by atoms with Gasteiger partial charge in [-0.1, -0.05) is 0 Å². The van der Waals surface area contributed by atoms with E-state index in [0.29, 0.717) is 64.8 Å². The summed E-state index contributed by atoms with van der Waals surface area (Å²) in [5.74, 6) is 0.815. The number of morpholine rings is 1. The summed E-state index contributed by atoms with van der Waals surface area (Å²) in [6.45, 7) is 5.60. The number of piperidine rings is 1. The van der Waals surface area contributed by atoms with Gasteiger partial charge in [0.25, 0.3) is 10.2 Å². The highest BCUT2D eigenvalue weighted by molar-refractivity contribution is 7.86. The van der Waals surface area contributed by atoms with E-state index in [2.05, 4.69) is 5.32 Å². The van der Waals surface area contributed by atoms with Crippen molar-refractivity contribution in [3.05, 3.63) is 0 Å². The van der Waals surface area contributed by atoms with Crippen molar-refractivity contribution in [3.63, 3.8) is 0 Å². The van der Waals surface area contributed by atoms with Crippen molar-refractivity contribution < 1.29 is 17.9 Å². The highest BCUT2D eigenvalue weighted by atomic mass is 35.5. The van der Waals surface area contributed by atoms with Gasteiger partial charge in [-0.25, -0.2) is 0 Å². The fourth-order valence-electron chi connectivity index (χ4n) is 3.76. The maximum absolute atomic E-state index is 12.6. The van der Waals surface area contributed by atoms with Gasteiger partial charge >= 0.3 is 0 Å². The molecule has 3 heterocycles. The molecule has 0 saturated carbocycles. The van der Waals surface area contributed by atoms with Crippen molar-refractivity contribution in [2.24, 2.45) is 5.92 Å². The number of ether oxygens (including phenoxy) is 1. The summed E-state index contributed by atoms with van der Waals surface area (Å²) in [4.78, 5) is 14.2. The summed E-state index contributed by atoms with van der Waals surface area (Å²) in [6.07, 6.45) is 3.84. The maximum Gasteiger partial charge on any atom is 0.282 e. The van der Waals surface area contributed by atoms with Crippen LogP contribution in [0.25, 0.3) is 0 Å². The van der Waals surface area contributed by atoms with Gasteiger partial charge < -0.3 is 15.0 Å². The van der Waals surface area contributed by atoms with Crippen LogP contribution >= 0.6 is 12.4 Å². The van der Waals surface area contributed by atoms with E-state index in [9.17, 15) is 13.2 Å². The van der Waals surface area contributed by atoms with Crippen molar-refractivity contribution >= 4 is 28.5 Å². The van der Waals surface area contributed by atoms with E-state index in [1.807, 2.05) is 4.90 Å². The Balaban J connectivity index is 0.00000243. The summed E-state index contributed by atoms with van der Waals surface area (Å²) >= 11 is 0. The lowest BCUT2D eigenvalue weighted by Crippen LogP contribution is -2.55. The van der Waals surface area contributed by atoms with Gasteiger partial charge in [0.15, 0.2) is 0 Å². The number of amides is 1. The largest absolute Gasteiger partial charge is 0.379 e. The van der Waals surface area contributed by atoms with Crippen molar-refractivity contribution in [3.8, 4) is 0 Å². The number of carbonyl (C=O) groups excluding carboxylic acids is 1. The molecule has 1 amide bonds. The molecule has 0 unspecified atom stereocenters. The Morgan fingerprint density at radius 3 is 2.15 bits per heavy atom. The van der Waals surface area contributed by atoms with Crippen LogP contribution in [0.5, 0.6) is 0 Å². The van der Waals surface area contributed by atoms with Crippen LogP contribution in [0.2, 0.25) is 0 Å². The molecule has 26 heavy (non-hydrogen) atoms. The van der Waals surface area contributed by atoms with E-state index in [1.165, 1.54) is 8.61 Å². The summed E-state index contributed by atoms with van der Waals surface area (Å²) in [7, 11) is -3.42. The van der Waals surface area contributed by atoms with Crippen molar-refractivity contribution in [2.75, 3.05) is 65.6 Å². The average Bonchev–Trinajstić information content (AvgIpc) is 2.68. The Hall–Kier alpha value is -0.450. The molecule has 3 fully saturated rings. The smallest absolute Gasteiger partial charge is 0.282 e. The minimum absolute atomic E-state index is 0. The maximum atomic E-state index is 12.6. The third kappa shape index (κ3) is 5.53. The van der Waals surface area contributed by atoms with Crippen molar-refractivity contribution in [1.82, 2.24) is 18.8 Å². The molecule has 0 radical (unpaired) electrons. The normalized spacial score (nSPS) is 24.2. The molecular weight excluding hydrogens is 380 g/mol. The van der Waals surface area contributed by atoms with Crippen molar-refractivity contribution in [1.29, 1.82) is 0 Å². The fraction of sp³-hybridized carbons (Fsp3) is 0.938.